The smallest absolute Gasteiger partial charge is 0.328 e. The molecule has 3 unspecified atom stereocenters. The highest BCUT2D eigenvalue weighted by Gasteiger charge is 2.60. The van der Waals surface area contributed by atoms with Crippen LogP contribution in [0.1, 0.15) is 112 Å². The van der Waals surface area contributed by atoms with Crippen molar-refractivity contribution in [1.82, 2.24) is 10.6 Å². The minimum absolute atomic E-state index is 0.108. The molecule has 4 rings (SSSR count). The Bertz CT molecular complexity index is 969. The van der Waals surface area contributed by atoms with Gasteiger partial charge in [-0.1, -0.05) is 34.6 Å². The quantitative estimate of drug-likeness (QED) is 0.260. The van der Waals surface area contributed by atoms with Crippen LogP contribution in [-0.2, 0) is 14.4 Å². The number of fused-ring (bicyclic) bond motifs is 5. The number of carbonyl (C=O) groups is 3. The van der Waals surface area contributed by atoms with Crippen LogP contribution in [0.25, 0.3) is 0 Å². The lowest BCUT2D eigenvalue weighted by Crippen LogP contribution is -2.56. The van der Waals surface area contributed by atoms with Crippen molar-refractivity contribution in [3.05, 3.63) is 0 Å². The van der Waals surface area contributed by atoms with E-state index in [1.165, 1.54) is 51.9 Å². The van der Waals surface area contributed by atoms with E-state index >= 15 is 0 Å². The molecule has 0 aromatic heterocycles. The van der Waals surface area contributed by atoms with E-state index in [9.17, 15) is 29.7 Å². The second-order valence-electron chi connectivity index (χ2n) is 15.2. The van der Waals surface area contributed by atoms with Crippen molar-refractivity contribution in [2.45, 2.75) is 136 Å². The van der Waals surface area contributed by atoms with Gasteiger partial charge in [0.15, 0.2) is 6.04 Å². The average molecular weight is 577 g/mol. The van der Waals surface area contributed by atoms with Crippen LogP contribution < -0.4 is 10.6 Å². The molecule has 8 nitrogen and oxygen atoms in total. The van der Waals surface area contributed by atoms with Gasteiger partial charge in [-0.05, 0) is 123 Å². The summed E-state index contributed by atoms with van der Waals surface area (Å²) in [4.78, 5) is 37.2. The highest BCUT2D eigenvalue weighted by molar-refractivity contribution is 5.90. The minimum Gasteiger partial charge on any atom is -0.480 e. The molecule has 4 fully saturated rings. The van der Waals surface area contributed by atoms with E-state index in [0.29, 0.717) is 35.0 Å². The van der Waals surface area contributed by atoms with E-state index in [2.05, 4.69) is 31.4 Å². The average Bonchev–Trinajstić information content (AvgIpc) is 3.26. The third-order valence-electron chi connectivity index (χ3n) is 12.5. The van der Waals surface area contributed by atoms with Crippen molar-refractivity contribution >= 4 is 17.8 Å². The molecular weight excluding hydrogens is 520 g/mol. The molecule has 2 amide bonds. The first-order chi connectivity index (χ1) is 19.2. The molecule has 41 heavy (non-hydrogen) atoms. The van der Waals surface area contributed by atoms with Gasteiger partial charge in [0.1, 0.15) is 6.04 Å². The molecule has 0 heterocycles. The van der Waals surface area contributed by atoms with Crippen molar-refractivity contribution in [2.24, 2.45) is 52.3 Å². The molecule has 0 saturated heterocycles. The Morgan fingerprint density at radius 3 is 2.15 bits per heavy atom. The highest BCUT2D eigenvalue weighted by Crippen LogP contribution is 2.68. The summed E-state index contributed by atoms with van der Waals surface area (Å²) in [6, 6.07) is -2.28. The zero-order chi connectivity index (χ0) is 30.3. The van der Waals surface area contributed by atoms with E-state index in [1.54, 1.807) is 0 Å². The largest absolute Gasteiger partial charge is 0.480 e. The number of amides is 2. The number of rotatable bonds is 10. The van der Waals surface area contributed by atoms with E-state index < -0.39 is 30.1 Å². The van der Waals surface area contributed by atoms with Gasteiger partial charge < -0.3 is 26.0 Å². The van der Waals surface area contributed by atoms with Crippen molar-refractivity contribution < 1.29 is 29.7 Å². The summed E-state index contributed by atoms with van der Waals surface area (Å²) in [6.45, 7) is 12.3. The van der Waals surface area contributed by atoms with Crippen LogP contribution in [0.3, 0.4) is 0 Å². The summed E-state index contributed by atoms with van der Waals surface area (Å²) in [5.41, 5.74) is 0.686. The Morgan fingerprint density at radius 1 is 0.854 bits per heavy atom. The Labute approximate surface area is 246 Å². The normalized spacial score (nSPS) is 39.4. The van der Waals surface area contributed by atoms with Crippen molar-refractivity contribution in [3.8, 4) is 0 Å². The van der Waals surface area contributed by atoms with Gasteiger partial charge >= 0.3 is 5.97 Å². The molecule has 4 aliphatic rings. The van der Waals surface area contributed by atoms with Crippen LogP contribution in [0.15, 0.2) is 0 Å². The van der Waals surface area contributed by atoms with Gasteiger partial charge in [-0.25, -0.2) is 4.79 Å². The summed E-state index contributed by atoms with van der Waals surface area (Å²) in [5, 5.41) is 34.6. The fourth-order valence-electron chi connectivity index (χ4n) is 10.2. The monoisotopic (exact) mass is 576 g/mol. The number of hydrogen-bond acceptors (Lipinski definition) is 5. The summed E-state index contributed by atoms with van der Waals surface area (Å²) < 4.78 is 0. The zero-order valence-corrected chi connectivity index (χ0v) is 26.2. The number of aliphatic hydroxyl groups is 2. The first-order valence-corrected chi connectivity index (χ1v) is 16.4. The Morgan fingerprint density at radius 2 is 1.51 bits per heavy atom. The number of carboxylic acids is 1. The molecule has 5 N–H and O–H groups in total. The third-order valence-corrected chi connectivity index (χ3v) is 12.5. The second-order valence-corrected chi connectivity index (χ2v) is 15.2. The van der Waals surface area contributed by atoms with Crippen LogP contribution in [0, 0.1) is 52.3 Å². The summed E-state index contributed by atoms with van der Waals surface area (Å²) in [7, 11) is 0. The van der Waals surface area contributed by atoms with Gasteiger partial charge in [-0.3, -0.25) is 9.59 Å². The lowest BCUT2D eigenvalue weighted by atomic mass is 9.44. The fraction of sp³-hybridized carbons (Fsp3) is 0.909. The van der Waals surface area contributed by atoms with Crippen LogP contribution in [0.4, 0.5) is 0 Å². The number of aliphatic carboxylic acids is 1. The maximum absolute atomic E-state index is 13.0. The molecule has 0 bridgehead atoms. The minimum atomic E-state index is -1.42. The third kappa shape index (κ3) is 6.34. The van der Waals surface area contributed by atoms with E-state index in [4.69, 9.17) is 0 Å². The predicted octanol–water partition coefficient (Wildman–Crippen LogP) is 4.51. The molecule has 0 aliphatic heterocycles. The maximum atomic E-state index is 13.0. The standard InChI is InChI=1S/C33H56N2O6/c1-18(2)28(30(39)35-29(20(4)36)31(40)41)34-27(38)12-7-19(3)24-10-11-25-23-9-8-21-17-22(37)13-15-32(21,5)26(23)14-16-33(24,25)6/h18-26,28-29,36-37H,7-17H2,1-6H3,(H,34,38)(H,35,39)(H,40,41)/t19-,20?,21-,22-,23+,24-,25?,26?,28+,29+,32+,33-/m1/s1. The lowest BCUT2D eigenvalue weighted by molar-refractivity contribution is -0.145. The van der Waals surface area contributed by atoms with E-state index in [1.807, 2.05) is 13.8 Å². The Balaban J connectivity index is 1.34. The van der Waals surface area contributed by atoms with Crippen molar-refractivity contribution in [2.75, 3.05) is 0 Å². The van der Waals surface area contributed by atoms with Gasteiger partial charge in [0, 0.05) is 6.42 Å². The van der Waals surface area contributed by atoms with E-state index in [-0.39, 0.29) is 17.9 Å². The molecule has 12 atom stereocenters. The molecule has 234 valence electrons. The number of carboxylic acid groups (broad SMARTS) is 1. The predicted molar refractivity (Wildman–Crippen MR) is 158 cm³/mol. The van der Waals surface area contributed by atoms with Gasteiger partial charge in [-0.2, -0.15) is 0 Å². The molecule has 8 heteroatoms. The molecule has 0 spiro atoms. The Kier molecular flexibility index (Phi) is 9.84. The van der Waals surface area contributed by atoms with Gasteiger partial charge in [0.25, 0.3) is 0 Å². The number of hydrogen-bond donors (Lipinski definition) is 5. The van der Waals surface area contributed by atoms with Crippen LogP contribution in [0.2, 0.25) is 0 Å². The van der Waals surface area contributed by atoms with Gasteiger partial charge in [-0.15, -0.1) is 0 Å². The van der Waals surface area contributed by atoms with Crippen molar-refractivity contribution in [3.63, 3.8) is 0 Å². The van der Waals surface area contributed by atoms with Crippen molar-refractivity contribution in [1.29, 1.82) is 0 Å². The van der Waals surface area contributed by atoms with Gasteiger partial charge in [0.05, 0.1) is 12.2 Å². The molecule has 0 radical (unpaired) electrons. The summed E-state index contributed by atoms with van der Waals surface area (Å²) in [5.74, 6) is 1.66. The first kappa shape index (κ1) is 32.2. The second kappa shape index (κ2) is 12.5. The molecule has 0 aromatic carbocycles. The molecule has 4 aliphatic carbocycles. The van der Waals surface area contributed by atoms with Gasteiger partial charge in [0.2, 0.25) is 11.8 Å². The van der Waals surface area contributed by atoms with Crippen LogP contribution in [-0.4, -0.2) is 57.4 Å². The molecule has 4 saturated carbocycles. The molecular formula is C33H56N2O6. The lowest BCUT2D eigenvalue weighted by Gasteiger charge is -2.61. The SMILES string of the molecule is CC(C)[C@H](NC(=O)CC[C@@H](C)[C@H]1CCC2[C@@H]3CC[C@@H]4C[C@H](O)CC[C@]4(C)C3CC[C@@]21C)C(=O)N[C@H](C(=O)O)C(C)O. The maximum Gasteiger partial charge on any atom is 0.328 e. The molecule has 0 aromatic rings. The topological polar surface area (TPSA) is 136 Å². The van der Waals surface area contributed by atoms with Crippen LogP contribution in [0.5, 0.6) is 0 Å². The van der Waals surface area contributed by atoms with Crippen LogP contribution >= 0.6 is 0 Å². The number of aliphatic hydroxyl groups excluding tert-OH is 2. The number of nitrogens with one attached hydrogen (secondary N) is 2. The first-order valence-electron chi connectivity index (χ1n) is 16.4. The summed E-state index contributed by atoms with van der Waals surface area (Å²) >= 11 is 0. The zero-order valence-electron chi connectivity index (χ0n) is 26.2. The summed E-state index contributed by atoms with van der Waals surface area (Å²) in [6.07, 6.45) is 10.5. The Hall–Kier alpha value is -1.67. The van der Waals surface area contributed by atoms with E-state index in [0.717, 1.165) is 37.0 Å². The fourth-order valence-corrected chi connectivity index (χ4v) is 10.2. The highest BCUT2D eigenvalue weighted by atomic mass is 16.4. The number of carbonyl (C=O) groups excluding carboxylic acids is 2.